The number of halogens is 2. The van der Waals surface area contributed by atoms with E-state index in [4.69, 9.17) is 0 Å². The van der Waals surface area contributed by atoms with Crippen molar-refractivity contribution in [3.63, 3.8) is 0 Å². The average Bonchev–Trinajstić information content (AvgIpc) is 2.49. The van der Waals surface area contributed by atoms with E-state index < -0.39 is 0 Å². The summed E-state index contributed by atoms with van der Waals surface area (Å²) in [6.45, 7) is 0. The minimum Gasteiger partial charge on any atom is -0.0510 e. The highest BCUT2D eigenvalue weighted by Crippen LogP contribution is 2.33. The standard InChI is InChI=1S/C17H11Br2S/c18-14-8-4-12(5-9-14)16-2-1-3-17(20-16)13-6-10-15(19)11-7-13/h1-11H/q+1. The summed E-state index contributed by atoms with van der Waals surface area (Å²) in [4.78, 5) is 2.55. The molecule has 0 unspecified atom stereocenters. The maximum atomic E-state index is 3.47. The van der Waals surface area contributed by atoms with Gasteiger partial charge in [0.05, 0.1) is 0 Å². The molecule has 20 heavy (non-hydrogen) atoms. The summed E-state index contributed by atoms with van der Waals surface area (Å²) in [6, 6.07) is 23.3. The van der Waals surface area contributed by atoms with Crippen LogP contribution in [0.1, 0.15) is 0 Å². The quantitative estimate of drug-likeness (QED) is 0.406. The Morgan fingerprint density at radius 1 is 0.550 bits per heavy atom. The molecule has 0 N–H and O–H groups in total. The summed E-state index contributed by atoms with van der Waals surface area (Å²) < 4.78 is 2.21. The second-order valence-electron chi connectivity index (χ2n) is 4.37. The largest absolute Gasteiger partial charge is 0.238 e. The molecular weight excluding hydrogens is 396 g/mol. The lowest BCUT2D eigenvalue weighted by Gasteiger charge is -1.96. The van der Waals surface area contributed by atoms with Gasteiger partial charge < -0.3 is 0 Å². The van der Waals surface area contributed by atoms with Gasteiger partial charge in [-0.3, -0.25) is 0 Å². The SMILES string of the molecule is Brc1ccc(-c2cccc(-c3ccc(Br)cc3)[s+]2)cc1. The van der Waals surface area contributed by atoms with Gasteiger partial charge in [-0.05, 0) is 48.5 Å². The van der Waals surface area contributed by atoms with Crippen LogP contribution < -0.4 is 0 Å². The minimum absolute atomic E-state index is 1.11. The van der Waals surface area contributed by atoms with Crippen molar-refractivity contribution >= 4 is 43.2 Å². The maximum absolute atomic E-state index is 3.47. The highest BCUT2D eigenvalue weighted by molar-refractivity contribution is 9.10. The zero-order valence-electron chi connectivity index (χ0n) is 10.5. The Morgan fingerprint density at radius 3 is 1.35 bits per heavy atom. The van der Waals surface area contributed by atoms with Crippen molar-refractivity contribution in [1.29, 1.82) is 0 Å². The Bertz CT molecular complexity index is 658. The zero-order chi connectivity index (χ0) is 13.9. The van der Waals surface area contributed by atoms with Gasteiger partial charge >= 0.3 is 0 Å². The summed E-state index contributed by atoms with van der Waals surface area (Å²) in [5.41, 5.74) is 2.49. The Balaban J connectivity index is 2.01. The maximum Gasteiger partial charge on any atom is 0.238 e. The van der Waals surface area contributed by atoms with Crippen LogP contribution in [0.5, 0.6) is 0 Å². The molecular formula is C17H11Br2S+. The molecule has 0 bridgehead atoms. The van der Waals surface area contributed by atoms with Crippen molar-refractivity contribution in [2.75, 3.05) is 0 Å². The molecule has 1 aromatic heterocycles. The molecule has 3 rings (SSSR count). The smallest absolute Gasteiger partial charge is 0.0510 e. The van der Waals surface area contributed by atoms with Crippen molar-refractivity contribution in [2.24, 2.45) is 0 Å². The average molecular weight is 407 g/mol. The van der Waals surface area contributed by atoms with Gasteiger partial charge in [-0.2, -0.15) is 0 Å². The molecule has 0 saturated carbocycles. The second kappa shape index (κ2) is 6.17. The second-order valence-corrected chi connectivity index (χ2v) is 7.29. The van der Waals surface area contributed by atoms with E-state index in [1.165, 1.54) is 20.9 Å². The van der Waals surface area contributed by atoms with Gasteiger partial charge in [0.2, 0.25) is 21.1 Å². The van der Waals surface area contributed by atoms with Gasteiger partial charge in [0, 0.05) is 32.2 Å². The van der Waals surface area contributed by atoms with Gasteiger partial charge in [-0.15, -0.1) is 0 Å². The molecule has 3 heteroatoms. The van der Waals surface area contributed by atoms with Crippen molar-refractivity contribution in [3.05, 3.63) is 75.7 Å². The lowest BCUT2D eigenvalue weighted by Crippen LogP contribution is -1.78. The molecule has 0 aliphatic rings. The molecule has 2 aromatic carbocycles. The molecule has 0 nitrogen and oxygen atoms in total. The monoisotopic (exact) mass is 405 g/mol. The third-order valence-electron chi connectivity index (χ3n) is 2.97. The molecule has 0 amide bonds. The molecule has 0 atom stereocenters. The summed E-state index contributed by atoms with van der Waals surface area (Å²) in [5, 5.41) is 0. The van der Waals surface area contributed by atoms with Gasteiger partial charge in [0.25, 0.3) is 0 Å². The van der Waals surface area contributed by atoms with E-state index in [-0.39, 0.29) is 0 Å². The molecule has 0 radical (unpaired) electrons. The van der Waals surface area contributed by atoms with Crippen molar-refractivity contribution in [2.45, 2.75) is 0 Å². The molecule has 0 fully saturated rings. The fourth-order valence-corrected chi connectivity index (χ4v) is 3.51. The van der Waals surface area contributed by atoms with Gasteiger partial charge in [0.1, 0.15) is 0 Å². The van der Waals surface area contributed by atoms with E-state index in [0.717, 1.165) is 8.95 Å². The summed E-state index contributed by atoms with van der Waals surface area (Å²) >= 11 is 8.76. The third-order valence-corrected chi connectivity index (χ3v) is 5.21. The number of rotatable bonds is 2. The predicted molar refractivity (Wildman–Crippen MR) is 95.0 cm³/mol. The first-order chi connectivity index (χ1) is 9.72. The molecule has 0 aliphatic carbocycles. The first-order valence-corrected chi connectivity index (χ1v) is 8.58. The minimum atomic E-state index is 1.11. The summed E-state index contributed by atoms with van der Waals surface area (Å²) in [7, 11) is 0. The topological polar surface area (TPSA) is 0 Å². The van der Waals surface area contributed by atoms with Crippen molar-refractivity contribution < 1.29 is 0 Å². The molecule has 1 heterocycles. The van der Waals surface area contributed by atoms with E-state index in [9.17, 15) is 0 Å². The van der Waals surface area contributed by atoms with Crippen molar-refractivity contribution in [3.8, 4) is 20.9 Å². The van der Waals surface area contributed by atoms with Crippen LogP contribution >= 0.6 is 43.2 Å². The van der Waals surface area contributed by atoms with E-state index in [2.05, 4.69) is 98.6 Å². The van der Waals surface area contributed by atoms with Crippen molar-refractivity contribution in [1.82, 2.24) is 0 Å². The van der Waals surface area contributed by atoms with E-state index in [1.807, 2.05) is 11.3 Å². The van der Waals surface area contributed by atoms with Crippen LogP contribution in [0.25, 0.3) is 20.9 Å². The van der Waals surface area contributed by atoms with Crippen LogP contribution in [0, 0.1) is 0 Å². The Labute approximate surface area is 139 Å². The Kier molecular flexibility index (Phi) is 4.29. The number of benzene rings is 2. The summed E-state index contributed by atoms with van der Waals surface area (Å²) in [6.07, 6.45) is 0. The molecule has 0 saturated heterocycles. The normalized spacial score (nSPS) is 10.5. The Hall–Kier alpha value is -1.03. The first kappa shape index (κ1) is 13.9. The molecule has 98 valence electrons. The predicted octanol–water partition coefficient (Wildman–Crippen LogP) is 6.89. The number of hydrogen-bond donors (Lipinski definition) is 0. The van der Waals surface area contributed by atoms with Crippen LogP contribution in [0.4, 0.5) is 0 Å². The molecule has 0 aliphatic heterocycles. The number of hydrogen-bond acceptors (Lipinski definition) is 0. The van der Waals surface area contributed by atoms with Crippen LogP contribution in [0.3, 0.4) is 0 Å². The van der Waals surface area contributed by atoms with E-state index in [0.29, 0.717) is 0 Å². The van der Waals surface area contributed by atoms with E-state index in [1.54, 1.807) is 0 Å². The Morgan fingerprint density at radius 2 is 0.950 bits per heavy atom. The highest BCUT2D eigenvalue weighted by atomic mass is 79.9. The van der Waals surface area contributed by atoms with Crippen LogP contribution in [0.15, 0.2) is 75.7 Å². The zero-order valence-corrected chi connectivity index (χ0v) is 14.5. The molecule has 3 aromatic rings. The fourth-order valence-electron chi connectivity index (χ4n) is 1.95. The summed E-state index contributed by atoms with van der Waals surface area (Å²) in [5.74, 6) is 0. The van der Waals surface area contributed by atoms with E-state index >= 15 is 0 Å². The van der Waals surface area contributed by atoms with Gasteiger partial charge in [0.15, 0.2) is 0 Å². The first-order valence-electron chi connectivity index (χ1n) is 6.17. The van der Waals surface area contributed by atoms with Crippen LogP contribution in [-0.2, 0) is 0 Å². The lowest BCUT2D eigenvalue weighted by atomic mass is 10.1. The third kappa shape index (κ3) is 3.17. The highest BCUT2D eigenvalue weighted by Gasteiger charge is 2.15. The van der Waals surface area contributed by atoms with Crippen LogP contribution in [-0.4, -0.2) is 0 Å². The lowest BCUT2D eigenvalue weighted by molar-refractivity contribution is 1.63. The van der Waals surface area contributed by atoms with Gasteiger partial charge in [-0.25, -0.2) is 0 Å². The van der Waals surface area contributed by atoms with Gasteiger partial charge in [-0.1, -0.05) is 37.9 Å². The van der Waals surface area contributed by atoms with Crippen LogP contribution in [0.2, 0.25) is 0 Å². The molecule has 0 spiro atoms. The fraction of sp³-hybridized carbons (Fsp3) is 0.